The van der Waals surface area contributed by atoms with Gasteiger partial charge in [-0.05, 0) is 137 Å². The molecule has 1 spiro atoms. The van der Waals surface area contributed by atoms with E-state index in [2.05, 4.69) is 191 Å². The van der Waals surface area contributed by atoms with E-state index in [4.69, 9.17) is 0 Å². The highest BCUT2D eigenvalue weighted by Gasteiger charge is 2.56. The lowest BCUT2D eigenvalue weighted by Crippen LogP contribution is -2.31. The fourth-order valence-corrected chi connectivity index (χ4v) is 12.8. The Bertz CT molecular complexity index is 3210. The van der Waals surface area contributed by atoms with Crippen LogP contribution in [0.25, 0.3) is 69.9 Å². The standard InChI is InChI=1S/C55H40N2S/c1-5-13-49-43(9-1)44-29-20-37(32-50(44)55(49)34-35-17-21-38(55)31-35)36-18-22-39(23-19-36)56(42-28-30-48-47-12-4-8-16-53(47)58-54(48)33-42)40-24-26-41(27-25-40)57-51-14-6-2-10-45(51)46-11-3-7-15-52(46)57/h1-16,18-20,22-30,32-33,35,38H,17,21,31,34H2. The van der Waals surface area contributed by atoms with Crippen molar-refractivity contribution >= 4 is 70.4 Å². The molecule has 3 unspecified atom stereocenters. The largest absolute Gasteiger partial charge is 0.310 e. The zero-order valence-electron chi connectivity index (χ0n) is 32.1. The van der Waals surface area contributed by atoms with Crippen molar-refractivity contribution in [3.8, 4) is 27.9 Å². The van der Waals surface area contributed by atoms with Crippen LogP contribution in [0.1, 0.15) is 36.8 Å². The van der Waals surface area contributed by atoms with Crippen molar-refractivity contribution in [1.82, 2.24) is 4.57 Å². The first kappa shape index (κ1) is 32.6. The quantitative estimate of drug-likeness (QED) is 0.170. The summed E-state index contributed by atoms with van der Waals surface area (Å²) in [5.74, 6) is 1.62. The van der Waals surface area contributed by atoms with E-state index in [0.717, 1.165) is 34.6 Å². The minimum Gasteiger partial charge on any atom is -0.310 e. The summed E-state index contributed by atoms with van der Waals surface area (Å²) in [7, 11) is 0. The monoisotopic (exact) mass is 760 g/mol. The van der Waals surface area contributed by atoms with E-state index >= 15 is 0 Å². The number of rotatable bonds is 5. The second-order valence-corrected chi connectivity index (χ2v) is 18.0. The van der Waals surface area contributed by atoms with E-state index in [1.165, 1.54) is 89.9 Å². The number of hydrogen-bond donors (Lipinski definition) is 0. The molecule has 13 rings (SSSR count). The van der Waals surface area contributed by atoms with Gasteiger partial charge in [-0.3, -0.25) is 0 Å². The Hall–Kier alpha value is -6.42. The Kier molecular flexibility index (Phi) is 6.92. The molecule has 2 heterocycles. The van der Waals surface area contributed by atoms with Gasteiger partial charge in [0, 0.05) is 59.1 Å². The normalized spacial score (nSPS) is 19.2. The van der Waals surface area contributed by atoms with Gasteiger partial charge in [0.05, 0.1) is 11.0 Å². The molecule has 3 aliphatic rings. The molecule has 276 valence electrons. The van der Waals surface area contributed by atoms with Crippen LogP contribution in [0.15, 0.2) is 182 Å². The number of thiophene rings is 1. The van der Waals surface area contributed by atoms with E-state index in [1.807, 2.05) is 11.3 Å². The lowest BCUT2D eigenvalue weighted by atomic mass is 9.66. The third-order valence-electron chi connectivity index (χ3n) is 14.1. The molecule has 0 N–H and O–H groups in total. The summed E-state index contributed by atoms with van der Waals surface area (Å²) in [6, 6.07) is 68.3. The molecule has 8 aromatic carbocycles. The maximum absolute atomic E-state index is 2.56. The Morgan fingerprint density at radius 3 is 1.84 bits per heavy atom. The van der Waals surface area contributed by atoms with Gasteiger partial charge in [0.25, 0.3) is 0 Å². The summed E-state index contributed by atoms with van der Waals surface area (Å²) in [6.07, 6.45) is 5.45. The fraction of sp³-hybridized carbons (Fsp3) is 0.127. The maximum atomic E-state index is 2.56. The number of nitrogens with zero attached hydrogens (tertiary/aromatic N) is 2. The summed E-state index contributed by atoms with van der Waals surface area (Å²) in [5, 5.41) is 5.19. The fourth-order valence-electron chi connectivity index (χ4n) is 11.6. The predicted molar refractivity (Wildman–Crippen MR) is 245 cm³/mol. The second kappa shape index (κ2) is 12.3. The van der Waals surface area contributed by atoms with Crippen molar-refractivity contribution in [1.29, 1.82) is 0 Å². The van der Waals surface area contributed by atoms with Gasteiger partial charge in [-0.1, -0.05) is 116 Å². The summed E-state index contributed by atoms with van der Waals surface area (Å²) < 4.78 is 5.02. The van der Waals surface area contributed by atoms with Crippen LogP contribution in [-0.4, -0.2) is 4.57 Å². The van der Waals surface area contributed by atoms with Crippen LogP contribution in [0.3, 0.4) is 0 Å². The first-order valence-electron chi connectivity index (χ1n) is 20.9. The Morgan fingerprint density at radius 1 is 0.483 bits per heavy atom. The highest BCUT2D eigenvalue weighted by Crippen LogP contribution is 2.65. The molecular formula is C55H40N2S. The van der Waals surface area contributed by atoms with Crippen molar-refractivity contribution in [2.24, 2.45) is 11.8 Å². The van der Waals surface area contributed by atoms with Gasteiger partial charge in [-0.25, -0.2) is 0 Å². The van der Waals surface area contributed by atoms with E-state index < -0.39 is 0 Å². The number of hydrogen-bond acceptors (Lipinski definition) is 2. The van der Waals surface area contributed by atoms with Crippen molar-refractivity contribution < 1.29 is 0 Å². The Labute approximate surface area is 342 Å². The van der Waals surface area contributed by atoms with Gasteiger partial charge in [0.2, 0.25) is 0 Å². The average molecular weight is 761 g/mol. The molecular weight excluding hydrogens is 721 g/mol. The minimum absolute atomic E-state index is 0.179. The van der Waals surface area contributed by atoms with Crippen LogP contribution in [0.2, 0.25) is 0 Å². The van der Waals surface area contributed by atoms with Gasteiger partial charge in [0.1, 0.15) is 0 Å². The van der Waals surface area contributed by atoms with Crippen LogP contribution in [0.4, 0.5) is 17.1 Å². The van der Waals surface area contributed by atoms with E-state index in [9.17, 15) is 0 Å². The maximum Gasteiger partial charge on any atom is 0.0541 e. The third kappa shape index (κ3) is 4.59. The highest BCUT2D eigenvalue weighted by atomic mass is 32.1. The first-order valence-corrected chi connectivity index (χ1v) is 21.7. The highest BCUT2D eigenvalue weighted by molar-refractivity contribution is 7.25. The molecule has 2 saturated carbocycles. The molecule has 10 aromatic rings. The summed E-state index contributed by atoms with van der Waals surface area (Å²) in [6.45, 7) is 0. The Morgan fingerprint density at radius 2 is 1.10 bits per heavy atom. The van der Waals surface area contributed by atoms with E-state index in [1.54, 1.807) is 11.1 Å². The molecule has 3 aliphatic carbocycles. The molecule has 3 atom stereocenters. The van der Waals surface area contributed by atoms with E-state index in [0.29, 0.717) is 0 Å². The molecule has 0 radical (unpaired) electrons. The second-order valence-electron chi connectivity index (χ2n) is 16.9. The lowest BCUT2D eigenvalue weighted by Gasteiger charge is -2.36. The molecule has 2 aromatic heterocycles. The third-order valence-corrected chi connectivity index (χ3v) is 15.2. The molecule has 2 bridgehead atoms. The first-order chi connectivity index (χ1) is 28.7. The topological polar surface area (TPSA) is 8.17 Å². The SMILES string of the molecule is c1ccc2c(c1)-c1ccc(-c3ccc(N(c4ccc(-n5c6ccccc6c6ccccc65)cc4)c4ccc5c(c4)sc4ccccc45)cc3)cc1C21CC2CCC1C2. The van der Waals surface area contributed by atoms with Crippen LogP contribution in [0.5, 0.6) is 0 Å². The number of aromatic nitrogens is 1. The molecule has 2 nitrogen and oxygen atoms in total. The molecule has 58 heavy (non-hydrogen) atoms. The van der Waals surface area contributed by atoms with Gasteiger partial charge >= 0.3 is 0 Å². The van der Waals surface area contributed by atoms with Crippen molar-refractivity contribution in [2.75, 3.05) is 4.90 Å². The van der Waals surface area contributed by atoms with Crippen LogP contribution in [-0.2, 0) is 5.41 Å². The summed E-state index contributed by atoms with van der Waals surface area (Å²) >= 11 is 1.87. The van der Waals surface area contributed by atoms with Crippen LogP contribution in [0, 0.1) is 11.8 Å². The minimum atomic E-state index is 0.179. The number of anilines is 3. The van der Waals surface area contributed by atoms with Gasteiger partial charge < -0.3 is 9.47 Å². The molecule has 0 amide bonds. The molecule has 0 aliphatic heterocycles. The zero-order chi connectivity index (χ0) is 38.0. The number of benzene rings is 8. The summed E-state index contributed by atoms with van der Waals surface area (Å²) in [4.78, 5) is 2.42. The van der Waals surface area contributed by atoms with E-state index in [-0.39, 0.29) is 5.41 Å². The van der Waals surface area contributed by atoms with Crippen molar-refractivity contribution in [3.63, 3.8) is 0 Å². The van der Waals surface area contributed by atoms with Crippen molar-refractivity contribution in [2.45, 2.75) is 31.1 Å². The number of fused-ring (bicyclic) bond motifs is 14. The van der Waals surface area contributed by atoms with Crippen LogP contribution >= 0.6 is 11.3 Å². The zero-order valence-corrected chi connectivity index (χ0v) is 32.9. The summed E-state index contributed by atoms with van der Waals surface area (Å²) in [5.41, 5.74) is 15.9. The van der Waals surface area contributed by atoms with Gasteiger partial charge in [-0.2, -0.15) is 0 Å². The molecule has 3 heteroatoms. The predicted octanol–water partition coefficient (Wildman–Crippen LogP) is 15.4. The smallest absolute Gasteiger partial charge is 0.0541 e. The molecule has 0 saturated heterocycles. The lowest BCUT2D eigenvalue weighted by molar-refractivity contribution is 0.327. The van der Waals surface area contributed by atoms with Crippen molar-refractivity contribution in [3.05, 3.63) is 193 Å². The average Bonchev–Trinajstić information content (AvgIpc) is 4.11. The van der Waals surface area contributed by atoms with Gasteiger partial charge in [0.15, 0.2) is 0 Å². The van der Waals surface area contributed by atoms with Crippen LogP contribution < -0.4 is 4.90 Å². The van der Waals surface area contributed by atoms with Gasteiger partial charge in [-0.15, -0.1) is 11.3 Å². The number of para-hydroxylation sites is 2. The molecule has 2 fully saturated rings. The Balaban J connectivity index is 0.919.